The van der Waals surface area contributed by atoms with Gasteiger partial charge in [-0.2, -0.15) is 0 Å². The minimum atomic E-state index is -0.436. The van der Waals surface area contributed by atoms with Crippen LogP contribution in [-0.4, -0.2) is 41.1 Å². The van der Waals surface area contributed by atoms with Gasteiger partial charge in [0.1, 0.15) is 23.3 Å². The molecule has 0 aliphatic carbocycles. The second kappa shape index (κ2) is 6.37. The van der Waals surface area contributed by atoms with Gasteiger partial charge in [-0.25, -0.2) is 9.37 Å². The highest BCUT2D eigenvalue weighted by molar-refractivity contribution is 6.29. The van der Waals surface area contributed by atoms with Gasteiger partial charge in [-0.05, 0) is 31.6 Å². The first kappa shape index (κ1) is 14.2. The zero-order valence-electron chi connectivity index (χ0n) is 11.4. The van der Waals surface area contributed by atoms with Crippen LogP contribution < -0.4 is 4.74 Å². The van der Waals surface area contributed by atoms with Crippen molar-refractivity contribution in [1.29, 1.82) is 0 Å². The summed E-state index contributed by atoms with van der Waals surface area (Å²) in [6.07, 6.45) is 4.25. The standard InChI is InChI=1S/C15H15ClFN3O/c16-15-8-13(17)12(10-19-15)14-3-2-11(9-18-14)21-7-6-20-4-1-5-20/h2-3,8-10H,1,4-7H2. The number of nitrogens with zero attached hydrogens (tertiary/aromatic N) is 3. The summed E-state index contributed by atoms with van der Waals surface area (Å²) < 4.78 is 19.4. The summed E-state index contributed by atoms with van der Waals surface area (Å²) in [7, 11) is 0. The van der Waals surface area contributed by atoms with Gasteiger partial charge < -0.3 is 4.74 Å². The summed E-state index contributed by atoms with van der Waals surface area (Å²) in [5.74, 6) is 0.246. The molecule has 0 bridgehead atoms. The van der Waals surface area contributed by atoms with Gasteiger partial charge in [0.25, 0.3) is 0 Å². The molecule has 0 amide bonds. The third-order valence-corrected chi connectivity index (χ3v) is 3.66. The molecule has 0 spiro atoms. The van der Waals surface area contributed by atoms with Gasteiger partial charge in [-0.3, -0.25) is 9.88 Å². The fourth-order valence-electron chi connectivity index (χ4n) is 2.12. The number of ether oxygens (including phenoxy) is 1. The van der Waals surface area contributed by atoms with E-state index in [0.29, 0.717) is 23.6 Å². The molecule has 3 heterocycles. The molecule has 1 fully saturated rings. The van der Waals surface area contributed by atoms with Crippen LogP contribution in [0.3, 0.4) is 0 Å². The third kappa shape index (κ3) is 3.49. The number of hydrogen-bond donors (Lipinski definition) is 0. The summed E-state index contributed by atoms with van der Waals surface area (Å²) in [5.41, 5.74) is 0.832. The van der Waals surface area contributed by atoms with Gasteiger partial charge in [0, 0.05) is 18.8 Å². The molecule has 2 aromatic rings. The van der Waals surface area contributed by atoms with Gasteiger partial charge in [-0.15, -0.1) is 0 Å². The number of halogens is 2. The summed E-state index contributed by atoms with van der Waals surface area (Å²) in [6.45, 7) is 3.88. The monoisotopic (exact) mass is 307 g/mol. The molecule has 21 heavy (non-hydrogen) atoms. The molecule has 0 N–H and O–H groups in total. The highest BCUT2D eigenvalue weighted by atomic mass is 35.5. The second-order valence-electron chi connectivity index (χ2n) is 4.91. The van der Waals surface area contributed by atoms with Crippen molar-refractivity contribution in [2.45, 2.75) is 6.42 Å². The molecule has 0 unspecified atom stereocenters. The van der Waals surface area contributed by atoms with Crippen LogP contribution in [0.4, 0.5) is 4.39 Å². The van der Waals surface area contributed by atoms with Crippen LogP contribution >= 0.6 is 11.6 Å². The Balaban J connectivity index is 1.62. The number of rotatable bonds is 5. The first-order valence-corrected chi connectivity index (χ1v) is 7.23. The molecule has 1 saturated heterocycles. The Morgan fingerprint density at radius 3 is 2.71 bits per heavy atom. The molecule has 1 aliphatic rings. The Bertz CT molecular complexity index is 617. The van der Waals surface area contributed by atoms with E-state index in [1.54, 1.807) is 18.3 Å². The first-order valence-electron chi connectivity index (χ1n) is 6.85. The highest BCUT2D eigenvalue weighted by Gasteiger charge is 2.13. The van der Waals surface area contributed by atoms with E-state index in [1.165, 1.54) is 18.7 Å². The average Bonchev–Trinajstić information content (AvgIpc) is 2.43. The zero-order chi connectivity index (χ0) is 14.7. The van der Waals surface area contributed by atoms with E-state index < -0.39 is 5.82 Å². The smallest absolute Gasteiger partial charge is 0.137 e. The highest BCUT2D eigenvalue weighted by Crippen LogP contribution is 2.23. The lowest BCUT2D eigenvalue weighted by Crippen LogP contribution is -2.39. The Morgan fingerprint density at radius 1 is 1.24 bits per heavy atom. The van der Waals surface area contributed by atoms with Crippen LogP contribution in [0.15, 0.2) is 30.6 Å². The van der Waals surface area contributed by atoms with Crippen molar-refractivity contribution in [3.63, 3.8) is 0 Å². The van der Waals surface area contributed by atoms with Crippen LogP contribution in [0.5, 0.6) is 5.75 Å². The van der Waals surface area contributed by atoms with E-state index in [-0.39, 0.29) is 5.15 Å². The molecule has 1 aliphatic heterocycles. The Hall–Kier alpha value is -1.72. The molecule has 3 rings (SSSR count). The Morgan fingerprint density at radius 2 is 2.10 bits per heavy atom. The molecule has 4 nitrogen and oxygen atoms in total. The number of pyridine rings is 2. The quantitative estimate of drug-likeness (QED) is 0.796. The maximum Gasteiger partial charge on any atom is 0.137 e. The average molecular weight is 308 g/mol. The van der Waals surface area contributed by atoms with E-state index in [1.807, 2.05) is 0 Å². The summed E-state index contributed by atoms with van der Waals surface area (Å²) >= 11 is 5.63. The van der Waals surface area contributed by atoms with Crippen molar-refractivity contribution in [2.75, 3.05) is 26.2 Å². The molecule has 2 aromatic heterocycles. The SMILES string of the molecule is Fc1cc(Cl)ncc1-c1ccc(OCCN2CCC2)cn1. The van der Waals surface area contributed by atoms with Crippen LogP contribution in [0.2, 0.25) is 5.15 Å². The molecular formula is C15H15ClFN3O. The molecule has 0 aromatic carbocycles. The fraction of sp³-hybridized carbons (Fsp3) is 0.333. The Kier molecular flexibility index (Phi) is 4.31. The van der Waals surface area contributed by atoms with Crippen molar-refractivity contribution in [1.82, 2.24) is 14.9 Å². The minimum Gasteiger partial charge on any atom is -0.491 e. The van der Waals surface area contributed by atoms with Gasteiger partial charge in [-0.1, -0.05) is 11.6 Å². The van der Waals surface area contributed by atoms with E-state index in [0.717, 1.165) is 19.6 Å². The summed E-state index contributed by atoms with van der Waals surface area (Å²) in [4.78, 5) is 10.4. The molecule has 6 heteroatoms. The fourth-order valence-corrected chi connectivity index (χ4v) is 2.26. The number of likely N-dealkylation sites (tertiary alicyclic amines) is 1. The molecule has 110 valence electrons. The van der Waals surface area contributed by atoms with Gasteiger partial charge in [0.15, 0.2) is 0 Å². The first-order chi connectivity index (χ1) is 10.2. The predicted octanol–water partition coefficient (Wildman–Crippen LogP) is 3.02. The van der Waals surface area contributed by atoms with Gasteiger partial charge in [0.05, 0.1) is 17.5 Å². The topological polar surface area (TPSA) is 38.2 Å². The third-order valence-electron chi connectivity index (χ3n) is 3.46. The van der Waals surface area contributed by atoms with Gasteiger partial charge in [0.2, 0.25) is 0 Å². The Labute approximate surface area is 127 Å². The van der Waals surface area contributed by atoms with E-state index in [9.17, 15) is 4.39 Å². The zero-order valence-corrected chi connectivity index (χ0v) is 12.2. The van der Waals surface area contributed by atoms with E-state index >= 15 is 0 Å². The van der Waals surface area contributed by atoms with E-state index in [2.05, 4.69) is 14.9 Å². The van der Waals surface area contributed by atoms with Crippen LogP contribution in [0.1, 0.15) is 6.42 Å². The lowest BCUT2D eigenvalue weighted by molar-refractivity contribution is 0.147. The van der Waals surface area contributed by atoms with E-state index in [4.69, 9.17) is 16.3 Å². The molecular weight excluding hydrogens is 293 g/mol. The maximum absolute atomic E-state index is 13.8. The molecule has 0 radical (unpaired) electrons. The lowest BCUT2D eigenvalue weighted by Gasteiger charge is -2.30. The largest absolute Gasteiger partial charge is 0.491 e. The van der Waals surface area contributed by atoms with Crippen molar-refractivity contribution in [3.8, 4) is 17.0 Å². The summed E-state index contributed by atoms with van der Waals surface area (Å²) in [6, 6.07) is 4.68. The lowest BCUT2D eigenvalue weighted by atomic mass is 10.2. The summed E-state index contributed by atoms with van der Waals surface area (Å²) in [5, 5.41) is 0.127. The number of hydrogen-bond acceptors (Lipinski definition) is 4. The van der Waals surface area contributed by atoms with Crippen LogP contribution in [-0.2, 0) is 0 Å². The molecule has 0 saturated carbocycles. The number of aromatic nitrogens is 2. The van der Waals surface area contributed by atoms with Crippen molar-refractivity contribution in [3.05, 3.63) is 41.6 Å². The normalized spacial score (nSPS) is 14.8. The predicted molar refractivity (Wildman–Crippen MR) is 79.0 cm³/mol. The van der Waals surface area contributed by atoms with Crippen LogP contribution in [0.25, 0.3) is 11.3 Å². The minimum absolute atomic E-state index is 0.127. The molecule has 0 atom stereocenters. The second-order valence-corrected chi connectivity index (χ2v) is 5.30. The van der Waals surface area contributed by atoms with Crippen molar-refractivity contribution in [2.24, 2.45) is 0 Å². The van der Waals surface area contributed by atoms with Crippen molar-refractivity contribution < 1.29 is 9.13 Å². The van der Waals surface area contributed by atoms with Gasteiger partial charge >= 0.3 is 0 Å². The maximum atomic E-state index is 13.8. The van der Waals surface area contributed by atoms with Crippen LogP contribution in [0, 0.1) is 5.82 Å². The van der Waals surface area contributed by atoms with Crippen molar-refractivity contribution >= 4 is 11.6 Å².